The molecular weight excluding hydrogens is 342 g/mol. The number of anilines is 1. The van der Waals surface area contributed by atoms with Gasteiger partial charge in [-0.25, -0.2) is 13.6 Å². The number of rotatable bonds is 4. The van der Waals surface area contributed by atoms with Gasteiger partial charge in [-0.1, -0.05) is 18.2 Å². The van der Waals surface area contributed by atoms with Gasteiger partial charge in [-0.2, -0.15) is 0 Å². The number of amides is 1. The van der Waals surface area contributed by atoms with E-state index in [2.05, 4.69) is 0 Å². The quantitative estimate of drug-likeness (QED) is 0.786. The number of ether oxygens (including phenoxy) is 1. The van der Waals surface area contributed by atoms with Crippen molar-refractivity contribution >= 4 is 17.6 Å². The first kappa shape index (κ1) is 17.8. The van der Waals surface area contributed by atoms with Crippen LogP contribution in [-0.4, -0.2) is 49.6 Å². The lowest BCUT2D eigenvalue weighted by molar-refractivity contribution is -0.134. The van der Waals surface area contributed by atoms with Crippen molar-refractivity contribution in [2.45, 2.75) is 0 Å². The molecule has 7 heteroatoms. The Balaban J connectivity index is 1.49. The highest BCUT2D eigenvalue weighted by Gasteiger charge is 2.23. The first-order chi connectivity index (χ1) is 12.5. The maximum atomic E-state index is 13.8. The van der Waals surface area contributed by atoms with Crippen LogP contribution in [0.1, 0.15) is 10.4 Å². The molecule has 1 fully saturated rings. The number of esters is 1. The molecule has 2 aromatic rings. The topological polar surface area (TPSA) is 49.9 Å². The third-order valence-corrected chi connectivity index (χ3v) is 4.21. The number of benzene rings is 2. The molecule has 136 valence electrons. The molecule has 0 N–H and O–H groups in total. The van der Waals surface area contributed by atoms with Gasteiger partial charge < -0.3 is 14.5 Å². The molecule has 0 radical (unpaired) electrons. The molecule has 1 amide bonds. The normalized spacial score (nSPS) is 14.2. The third-order valence-electron chi connectivity index (χ3n) is 4.21. The average molecular weight is 360 g/mol. The Morgan fingerprint density at radius 1 is 0.962 bits per heavy atom. The van der Waals surface area contributed by atoms with Gasteiger partial charge >= 0.3 is 5.97 Å². The predicted molar refractivity (Wildman–Crippen MR) is 91.9 cm³/mol. The van der Waals surface area contributed by atoms with Crippen LogP contribution in [0.4, 0.5) is 14.5 Å². The summed E-state index contributed by atoms with van der Waals surface area (Å²) >= 11 is 0. The second-order valence-corrected chi connectivity index (χ2v) is 5.91. The Bertz CT molecular complexity index is 805. The second kappa shape index (κ2) is 7.95. The van der Waals surface area contributed by atoms with Gasteiger partial charge in [0.05, 0.1) is 11.3 Å². The molecule has 0 spiro atoms. The molecule has 1 heterocycles. The number of halogens is 2. The molecule has 0 bridgehead atoms. The molecule has 5 nitrogen and oxygen atoms in total. The van der Waals surface area contributed by atoms with Gasteiger partial charge in [0.25, 0.3) is 5.91 Å². The van der Waals surface area contributed by atoms with E-state index in [0.717, 1.165) is 6.07 Å². The number of hydrogen-bond donors (Lipinski definition) is 0. The zero-order chi connectivity index (χ0) is 18.5. The van der Waals surface area contributed by atoms with E-state index >= 15 is 0 Å². The molecular formula is C19H18F2N2O3. The Hall–Kier alpha value is -2.96. The largest absolute Gasteiger partial charge is 0.452 e. The molecule has 26 heavy (non-hydrogen) atoms. The van der Waals surface area contributed by atoms with Crippen LogP contribution in [0.25, 0.3) is 0 Å². The van der Waals surface area contributed by atoms with Gasteiger partial charge in [0.1, 0.15) is 11.6 Å². The minimum Gasteiger partial charge on any atom is -0.452 e. The third kappa shape index (κ3) is 4.17. The minimum atomic E-state index is -0.747. The highest BCUT2D eigenvalue weighted by atomic mass is 19.1. The molecule has 2 aromatic carbocycles. The van der Waals surface area contributed by atoms with Gasteiger partial charge in [0.2, 0.25) is 0 Å². The number of para-hydroxylation sites is 1. The zero-order valence-electron chi connectivity index (χ0n) is 14.0. The van der Waals surface area contributed by atoms with Crippen LogP contribution in [0.3, 0.4) is 0 Å². The predicted octanol–water partition coefficient (Wildman–Crippen LogP) is 2.47. The SMILES string of the molecule is O=C(OCC(=O)N1CCN(c2ccccc2F)CC1)c1cccc(F)c1. The van der Waals surface area contributed by atoms with E-state index in [4.69, 9.17) is 4.74 Å². The Kier molecular flexibility index (Phi) is 5.46. The van der Waals surface area contributed by atoms with Gasteiger partial charge in [-0.15, -0.1) is 0 Å². The van der Waals surface area contributed by atoms with Crippen molar-refractivity contribution in [3.05, 3.63) is 65.7 Å². The fourth-order valence-corrected chi connectivity index (χ4v) is 2.82. The van der Waals surface area contributed by atoms with E-state index in [1.165, 1.54) is 24.3 Å². The van der Waals surface area contributed by atoms with E-state index in [9.17, 15) is 18.4 Å². The van der Waals surface area contributed by atoms with E-state index in [1.54, 1.807) is 23.1 Å². The van der Waals surface area contributed by atoms with Gasteiger partial charge in [0, 0.05) is 26.2 Å². The Morgan fingerprint density at radius 3 is 2.38 bits per heavy atom. The molecule has 3 rings (SSSR count). The van der Waals surface area contributed by atoms with E-state index in [0.29, 0.717) is 31.9 Å². The maximum Gasteiger partial charge on any atom is 0.338 e. The van der Waals surface area contributed by atoms with Crippen molar-refractivity contribution in [2.24, 2.45) is 0 Å². The lowest BCUT2D eigenvalue weighted by atomic mass is 10.2. The standard InChI is InChI=1S/C19H18F2N2O3/c20-15-5-3-4-14(12-15)19(25)26-13-18(24)23-10-8-22(9-11-23)17-7-2-1-6-16(17)21/h1-7,12H,8-11,13H2. The Morgan fingerprint density at radius 2 is 1.69 bits per heavy atom. The monoisotopic (exact) mass is 360 g/mol. The summed E-state index contributed by atoms with van der Waals surface area (Å²) in [6.45, 7) is 1.39. The van der Waals surface area contributed by atoms with Crippen LogP contribution >= 0.6 is 0 Å². The van der Waals surface area contributed by atoms with Crippen LogP contribution in [0.5, 0.6) is 0 Å². The highest BCUT2D eigenvalue weighted by Crippen LogP contribution is 2.20. The smallest absolute Gasteiger partial charge is 0.338 e. The number of piperazine rings is 1. The Labute approximate surface area is 149 Å². The van der Waals surface area contributed by atoms with Crippen molar-refractivity contribution in [2.75, 3.05) is 37.7 Å². The van der Waals surface area contributed by atoms with Crippen molar-refractivity contribution in [1.82, 2.24) is 4.90 Å². The van der Waals surface area contributed by atoms with Gasteiger partial charge in [-0.3, -0.25) is 4.79 Å². The molecule has 0 aliphatic carbocycles. The second-order valence-electron chi connectivity index (χ2n) is 5.91. The lowest BCUT2D eigenvalue weighted by Gasteiger charge is -2.36. The molecule has 0 unspecified atom stereocenters. The molecule has 0 aromatic heterocycles. The summed E-state index contributed by atoms with van der Waals surface area (Å²) in [6.07, 6.45) is 0. The lowest BCUT2D eigenvalue weighted by Crippen LogP contribution is -2.50. The van der Waals surface area contributed by atoms with Crippen molar-refractivity contribution in [3.8, 4) is 0 Å². The van der Waals surface area contributed by atoms with Crippen molar-refractivity contribution in [1.29, 1.82) is 0 Å². The van der Waals surface area contributed by atoms with Crippen LogP contribution in [-0.2, 0) is 9.53 Å². The maximum absolute atomic E-state index is 13.8. The summed E-state index contributed by atoms with van der Waals surface area (Å²) in [5.74, 6) is -1.92. The first-order valence-corrected chi connectivity index (χ1v) is 8.24. The minimum absolute atomic E-state index is 0.0576. The highest BCUT2D eigenvalue weighted by molar-refractivity contribution is 5.91. The number of carbonyl (C=O) groups excluding carboxylic acids is 2. The average Bonchev–Trinajstić information content (AvgIpc) is 2.66. The summed E-state index contributed by atoms with van der Waals surface area (Å²) in [4.78, 5) is 27.5. The summed E-state index contributed by atoms with van der Waals surface area (Å²) < 4.78 is 31.9. The van der Waals surface area contributed by atoms with Gasteiger partial charge in [-0.05, 0) is 30.3 Å². The molecule has 1 saturated heterocycles. The number of nitrogens with zero attached hydrogens (tertiary/aromatic N) is 2. The molecule has 1 aliphatic heterocycles. The molecule has 1 aliphatic rings. The van der Waals surface area contributed by atoms with E-state index in [-0.39, 0.29) is 17.3 Å². The zero-order valence-corrected chi connectivity index (χ0v) is 14.0. The fraction of sp³-hybridized carbons (Fsp3) is 0.263. The summed E-state index contributed by atoms with van der Waals surface area (Å²) in [5, 5.41) is 0. The van der Waals surface area contributed by atoms with Crippen LogP contribution in [0, 0.1) is 11.6 Å². The summed E-state index contributed by atoms with van der Waals surface area (Å²) in [6, 6.07) is 11.6. The van der Waals surface area contributed by atoms with Crippen molar-refractivity contribution < 1.29 is 23.1 Å². The molecule has 0 saturated carbocycles. The fourth-order valence-electron chi connectivity index (χ4n) is 2.82. The number of carbonyl (C=O) groups is 2. The summed E-state index contributed by atoms with van der Waals surface area (Å²) in [7, 11) is 0. The summed E-state index contributed by atoms with van der Waals surface area (Å²) in [5.41, 5.74) is 0.569. The van der Waals surface area contributed by atoms with Gasteiger partial charge in [0.15, 0.2) is 6.61 Å². The van der Waals surface area contributed by atoms with E-state index in [1.807, 2.05) is 4.90 Å². The molecule has 0 atom stereocenters. The van der Waals surface area contributed by atoms with Crippen LogP contribution in [0.2, 0.25) is 0 Å². The van der Waals surface area contributed by atoms with Crippen molar-refractivity contribution in [3.63, 3.8) is 0 Å². The number of hydrogen-bond acceptors (Lipinski definition) is 4. The van der Waals surface area contributed by atoms with E-state index < -0.39 is 18.4 Å². The van der Waals surface area contributed by atoms with Crippen LogP contribution < -0.4 is 4.90 Å². The van der Waals surface area contributed by atoms with Crippen LogP contribution in [0.15, 0.2) is 48.5 Å². The first-order valence-electron chi connectivity index (χ1n) is 8.24.